The maximum Gasteiger partial charge on any atom is 0.253 e. The summed E-state index contributed by atoms with van der Waals surface area (Å²) in [5.74, 6) is 0.656. The lowest BCUT2D eigenvalue weighted by Crippen LogP contribution is -2.44. The zero-order valence-corrected chi connectivity index (χ0v) is 14.2. The number of piperidine rings is 1. The Morgan fingerprint density at radius 1 is 1.17 bits per heavy atom. The van der Waals surface area contributed by atoms with Crippen LogP contribution in [0.1, 0.15) is 29.6 Å². The standard InChI is InChI=1S/C17H20N4O2.ClH/c22-16(21-9-6-17(7-10-21)5-8-18-11-17)14-3-1-13(2-4-14)15-19-12-23-20-15;/h1-4,12,18H,5-11H2;1H. The van der Waals surface area contributed by atoms with Crippen molar-refractivity contribution in [2.45, 2.75) is 19.3 Å². The summed E-state index contributed by atoms with van der Waals surface area (Å²) in [4.78, 5) is 18.7. The Morgan fingerprint density at radius 2 is 1.92 bits per heavy atom. The van der Waals surface area contributed by atoms with Crippen molar-refractivity contribution in [1.82, 2.24) is 20.4 Å². The number of hydrogen-bond acceptors (Lipinski definition) is 5. The Morgan fingerprint density at radius 3 is 2.50 bits per heavy atom. The maximum atomic E-state index is 12.7. The van der Waals surface area contributed by atoms with E-state index in [0.717, 1.165) is 50.1 Å². The van der Waals surface area contributed by atoms with Crippen LogP contribution in [0.2, 0.25) is 0 Å². The number of hydrogen-bond donors (Lipinski definition) is 1. The molecule has 0 bridgehead atoms. The Hall–Kier alpha value is -1.92. The summed E-state index contributed by atoms with van der Waals surface area (Å²) in [6.45, 7) is 3.93. The Labute approximate surface area is 147 Å². The first-order valence-electron chi connectivity index (χ1n) is 8.13. The van der Waals surface area contributed by atoms with E-state index in [0.29, 0.717) is 11.2 Å². The molecule has 1 amide bonds. The predicted octanol–water partition coefficient (Wildman–Crippen LogP) is 2.37. The number of aromatic nitrogens is 2. The molecule has 2 saturated heterocycles. The van der Waals surface area contributed by atoms with Gasteiger partial charge in [-0.1, -0.05) is 17.3 Å². The monoisotopic (exact) mass is 348 g/mol. The van der Waals surface area contributed by atoms with Gasteiger partial charge in [0.2, 0.25) is 12.2 Å². The SMILES string of the molecule is Cl.O=C(c1ccc(-c2ncon2)cc1)N1CCC2(CCNC2)CC1. The van der Waals surface area contributed by atoms with Crippen LogP contribution in [0.25, 0.3) is 11.4 Å². The van der Waals surface area contributed by atoms with Crippen LogP contribution in [0.5, 0.6) is 0 Å². The first-order chi connectivity index (χ1) is 11.3. The molecular weight excluding hydrogens is 328 g/mol. The average Bonchev–Trinajstić information content (AvgIpc) is 3.28. The molecule has 2 fully saturated rings. The fraction of sp³-hybridized carbons (Fsp3) is 0.471. The van der Waals surface area contributed by atoms with Crippen molar-refractivity contribution in [1.29, 1.82) is 0 Å². The maximum absolute atomic E-state index is 12.7. The van der Waals surface area contributed by atoms with Crippen molar-refractivity contribution in [3.63, 3.8) is 0 Å². The van der Waals surface area contributed by atoms with Gasteiger partial charge >= 0.3 is 0 Å². The largest absolute Gasteiger partial charge is 0.342 e. The first-order valence-corrected chi connectivity index (χ1v) is 8.13. The molecule has 0 unspecified atom stereocenters. The summed E-state index contributed by atoms with van der Waals surface area (Å²) < 4.78 is 4.75. The number of carbonyl (C=O) groups excluding carboxylic acids is 1. The van der Waals surface area contributed by atoms with Gasteiger partial charge in [0.1, 0.15) is 0 Å². The van der Waals surface area contributed by atoms with E-state index in [9.17, 15) is 4.79 Å². The fourth-order valence-corrected chi connectivity index (χ4v) is 3.65. The van der Waals surface area contributed by atoms with Gasteiger partial charge in [0, 0.05) is 30.8 Å². The molecule has 2 aliphatic rings. The summed E-state index contributed by atoms with van der Waals surface area (Å²) in [5.41, 5.74) is 2.00. The lowest BCUT2D eigenvalue weighted by molar-refractivity contribution is 0.0607. The number of halogens is 1. The fourth-order valence-electron chi connectivity index (χ4n) is 3.65. The number of nitrogens with one attached hydrogen (secondary N) is 1. The summed E-state index contributed by atoms with van der Waals surface area (Å²) in [7, 11) is 0. The van der Waals surface area contributed by atoms with Crippen LogP contribution in [0, 0.1) is 5.41 Å². The quantitative estimate of drug-likeness (QED) is 0.902. The Bertz CT molecular complexity index is 671. The Balaban J connectivity index is 0.00000169. The van der Waals surface area contributed by atoms with Crippen LogP contribution >= 0.6 is 12.4 Å². The van der Waals surface area contributed by atoms with Crippen LogP contribution in [-0.2, 0) is 0 Å². The molecule has 0 saturated carbocycles. The second-order valence-corrected chi connectivity index (χ2v) is 6.55. The minimum Gasteiger partial charge on any atom is -0.342 e. The highest BCUT2D eigenvalue weighted by Crippen LogP contribution is 2.37. The summed E-state index contributed by atoms with van der Waals surface area (Å²) in [5, 5.41) is 7.26. The zero-order chi connectivity index (χ0) is 15.7. The second kappa shape index (κ2) is 6.91. The number of amides is 1. The molecule has 6 nitrogen and oxygen atoms in total. The number of likely N-dealkylation sites (tertiary alicyclic amines) is 1. The molecule has 24 heavy (non-hydrogen) atoms. The van der Waals surface area contributed by atoms with Crippen LogP contribution in [0.15, 0.2) is 35.2 Å². The van der Waals surface area contributed by atoms with Gasteiger partial charge in [-0.05, 0) is 43.4 Å². The topological polar surface area (TPSA) is 71.3 Å². The van der Waals surface area contributed by atoms with E-state index in [1.54, 1.807) is 0 Å². The second-order valence-electron chi connectivity index (χ2n) is 6.55. The van der Waals surface area contributed by atoms with Gasteiger partial charge in [0.25, 0.3) is 5.91 Å². The summed E-state index contributed by atoms with van der Waals surface area (Å²) >= 11 is 0. The molecule has 0 radical (unpaired) electrons. The number of benzene rings is 1. The van der Waals surface area contributed by atoms with Crippen molar-refractivity contribution in [2.75, 3.05) is 26.2 Å². The van der Waals surface area contributed by atoms with E-state index in [-0.39, 0.29) is 18.3 Å². The van der Waals surface area contributed by atoms with Gasteiger partial charge in [-0.15, -0.1) is 12.4 Å². The van der Waals surface area contributed by atoms with Gasteiger partial charge < -0.3 is 14.7 Å². The molecule has 3 heterocycles. The van der Waals surface area contributed by atoms with E-state index in [4.69, 9.17) is 4.52 Å². The predicted molar refractivity (Wildman–Crippen MR) is 92.0 cm³/mol. The van der Waals surface area contributed by atoms with Crippen molar-refractivity contribution < 1.29 is 9.32 Å². The van der Waals surface area contributed by atoms with E-state index < -0.39 is 0 Å². The third-order valence-corrected chi connectivity index (χ3v) is 5.19. The van der Waals surface area contributed by atoms with Crippen molar-refractivity contribution in [3.8, 4) is 11.4 Å². The molecule has 1 aromatic carbocycles. The molecule has 2 aliphatic heterocycles. The van der Waals surface area contributed by atoms with Gasteiger partial charge in [-0.3, -0.25) is 4.79 Å². The molecule has 4 rings (SSSR count). The highest BCUT2D eigenvalue weighted by molar-refractivity contribution is 5.94. The highest BCUT2D eigenvalue weighted by Gasteiger charge is 2.38. The third kappa shape index (κ3) is 3.16. The molecule has 2 aromatic rings. The van der Waals surface area contributed by atoms with Crippen LogP contribution in [0.4, 0.5) is 0 Å². The summed E-state index contributed by atoms with van der Waals surface area (Å²) in [6, 6.07) is 7.42. The minimum atomic E-state index is 0. The van der Waals surface area contributed by atoms with E-state index in [1.807, 2.05) is 29.2 Å². The normalized spacial score (nSPS) is 19.2. The first kappa shape index (κ1) is 16.9. The highest BCUT2D eigenvalue weighted by atomic mass is 35.5. The van der Waals surface area contributed by atoms with E-state index >= 15 is 0 Å². The zero-order valence-electron chi connectivity index (χ0n) is 13.4. The number of rotatable bonds is 2. The van der Waals surface area contributed by atoms with Crippen molar-refractivity contribution in [3.05, 3.63) is 36.2 Å². The van der Waals surface area contributed by atoms with Gasteiger partial charge in [-0.25, -0.2) is 0 Å². The molecule has 1 aromatic heterocycles. The van der Waals surface area contributed by atoms with E-state index in [1.165, 1.54) is 12.8 Å². The molecular formula is C17H21ClN4O2. The summed E-state index contributed by atoms with van der Waals surface area (Å²) in [6.07, 6.45) is 4.75. The molecule has 0 aliphatic carbocycles. The van der Waals surface area contributed by atoms with E-state index in [2.05, 4.69) is 15.5 Å². The lowest BCUT2D eigenvalue weighted by atomic mass is 9.78. The van der Waals surface area contributed by atoms with Crippen LogP contribution in [-0.4, -0.2) is 47.1 Å². The number of carbonyl (C=O) groups is 1. The minimum absolute atomic E-state index is 0. The average molecular weight is 349 g/mol. The molecule has 128 valence electrons. The van der Waals surface area contributed by atoms with Gasteiger partial charge in [0.05, 0.1) is 0 Å². The molecule has 0 atom stereocenters. The van der Waals surface area contributed by atoms with Crippen molar-refractivity contribution in [2.24, 2.45) is 5.41 Å². The number of nitrogens with zero attached hydrogens (tertiary/aromatic N) is 3. The Kier molecular flexibility index (Phi) is 4.87. The molecule has 7 heteroatoms. The van der Waals surface area contributed by atoms with Crippen molar-refractivity contribution >= 4 is 18.3 Å². The third-order valence-electron chi connectivity index (χ3n) is 5.19. The molecule has 1 N–H and O–H groups in total. The van der Waals surface area contributed by atoms with Crippen LogP contribution < -0.4 is 5.32 Å². The van der Waals surface area contributed by atoms with Crippen LogP contribution in [0.3, 0.4) is 0 Å². The van der Waals surface area contributed by atoms with Gasteiger partial charge in [-0.2, -0.15) is 4.98 Å². The smallest absolute Gasteiger partial charge is 0.253 e. The van der Waals surface area contributed by atoms with Gasteiger partial charge in [0.15, 0.2) is 0 Å². The molecule has 1 spiro atoms. The lowest BCUT2D eigenvalue weighted by Gasteiger charge is -2.38.